The number of guanidine groups is 1. The van der Waals surface area contributed by atoms with Crippen LogP contribution >= 0.6 is 24.0 Å². The Morgan fingerprint density at radius 3 is 2.79 bits per heavy atom. The lowest BCUT2D eigenvalue weighted by Gasteiger charge is -2.30. The fourth-order valence-electron chi connectivity index (χ4n) is 3.36. The van der Waals surface area contributed by atoms with E-state index in [1.807, 2.05) is 13.8 Å². The van der Waals surface area contributed by atoms with Gasteiger partial charge in [-0.3, -0.25) is 4.21 Å². The Morgan fingerprint density at radius 1 is 1.39 bits per heavy atom. The minimum absolute atomic E-state index is 0. The van der Waals surface area contributed by atoms with Gasteiger partial charge in [0.25, 0.3) is 0 Å². The zero-order chi connectivity index (χ0) is 19.8. The molecule has 2 N–H and O–H groups in total. The molecule has 1 aliphatic rings. The number of ether oxygens (including phenoxy) is 1. The first-order chi connectivity index (χ1) is 13.0. The predicted octanol–water partition coefficient (Wildman–Crippen LogP) is 3.13. The molecule has 28 heavy (non-hydrogen) atoms. The maximum atomic E-state index is 12.1. The second kappa shape index (κ2) is 12.5. The number of aliphatic imine (C=N–C) groups is 1. The topological polar surface area (TPSA) is 92.9 Å². The summed E-state index contributed by atoms with van der Waals surface area (Å²) in [4.78, 5) is 16.3. The molecule has 0 spiro atoms. The summed E-state index contributed by atoms with van der Waals surface area (Å²) in [7, 11) is 0.599. The van der Waals surface area contributed by atoms with Crippen molar-refractivity contribution < 1.29 is 18.2 Å². The van der Waals surface area contributed by atoms with Crippen molar-refractivity contribution in [3.8, 4) is 0 Å². The van der Waals surface area contributed by atoms with E-state index in [0.717, 1.165) is 32.2 Å². The number of halogens is 1. The first-order valence-corrected chi connectivity index (χ1v) is 11.0. The largest absolute Gasteiger partial charge is 0.465 e. The third-order valence-electron chi connectivity index (χ3n) is 4.73. The summed E-state index contributed by atoms with van der Waals surface area (Å²) < 4.78 is 22.5. The standard InChI is InChI=1S/C19H31N3O4S.HI/c1-5-20-19(22-14-8-7-9-16(10-14)27(24)6-2)21-12-15-11-17(13(3)26-15)18(23)25-4;/h11,14,16H,5-10,12H2,1-4H3,(H2,20,21,22);1H. The lowest BCUT2D eigenvalue weighted by molar-refractivity contribution is 0.0599. The highest BCUT2D eigenvalue weighted by Crippen LogP contribution is 2.23. The highest BCUT2D eigenvalue weighted by molar-refractivity contribution is 14.0. The summed E-state index contributed by atoms with van der Waals surface area (Å²) >= 11 is 0. The molecule has 7 nitrogen and oxygen atoms in total. The summed E-state index contributed by atoms with van der Waals surface area (Å²) in [6.07, 6.45) is 4.06. The van der Waals surface area contributed by atoms with E-state index in [1.54, 1.807) is 13.0 Å². The average molecular weight is 525 g/mol. The van der Waals surface area contributed by atoms with Gasteiger partial charge in [-0.05, 0) is 39.2 Å². The van der Waals surface area contributed by atoms with Crippen LogP contribution in [0.5, 0.6) is 0 Å². The van der Waals surface area contributed by atoms with Crippen LogP contribution in [0.3, 0.4) is 0 Å². The number of hydrogen-bond donors (Lipinski definition) is 2. The minimum Gasteiger partial charge on any atom is -0.465 e. The van der Waals surface area contributed by atoms with Crippen molar-refractivity contribution >= 4 is 46.7 Å². The van der Waals surface area contributed by atoms with Gasteiger partial charge in [0.2, 0.25) is 0 Å². The fraction of sp³-hybridized carbons (Fsp3) is 0.684. The summed E-state index contributed by atoms with van der Waals surface area (Å²) in [5.74, 6) is 2.15. The highest BCUT2D eigenvalue weighted by Gasteiger charge is 2.26. The molecule has 1 aromatic heterocycles. The monoisotopic (exact) mass is 525 g/mol. The lowest BCUT2D eigenvalue weighted by atomic mass is 9.95. The first kappa shape index (κ1) is 24.9. The van der Waals surface area contributed by atoms with Crippen LogP contribution in [0.15, 0.2) is 15.5 Å². The predicted molar refractivity (Wildman–Crippen MR) is 123 cm³/mol. The molecule has 3 unspecified atom stereocenters. The van der Waals surface area contributed by atoms with Crippen molar-refractivity contribution in [3.05, 3.63) is 23.2 Å². The summed E-state index contributed by atoms with van der Waals surface area (Å²) in [5.41, 5.74) is 0.429. The highest BCUT2D eigenvalue weighted by atomic mass is 127. The van der Waals surface area contributed by atoms with E-state index in [-0.39, 0.29) is 35.3 Å². The number of esters is 1. The van der Waals surface area contributed by atoms with Crippen LogP contribution in [-0.2, 0) is 22.1 Å². The molecule has 0 aromatic carbocycles. The number of methoxy groups -OCH3 is 1. The van der Waals surface area contributed by atoms with Gasteiger partial charge in [0.15, 0.2) is 5.96 Å². The number of aryl methyl sites for hydroxylation is 1. The molecule has 3 atom stereocenters. The quantitative estimate of drug-likeness (QED) is 0.246. The summed E-state index contributed by atoms with van der Waals surface area (Å²) in [5, 5.41) is 6.97. The van der Waals surface area contributed by atoms with Gasteiger partial charge in [0.1, 0.15) is 23.6 Å². The Hall–Kier alpha value is -1.10. The summed E-state index contributed by atoms with van der Waals surface area (Å²) in [6.45, 7) is 6.79. The summed E-state index contributed by atoms with van der Waals surface area (Å²) in [6, 6.07) is 1.94. The fourth-order valence-corrected chi connectivity index (χ4v) is 4.70. The number of rotatable bonds is 7. The van der Waals surface area contributed by atoms with Crippen molar-refractivity contribution in [2.75, 3.05) is 19.4 Å². The van der Waals surface area contributed by atoms with E-state index >= 15 is 0 Å². The van der Waals surface area contributed by atoms with Gasteiger partial charge in [-0.2, -0.15) is 0 Å². The van der Waals surface area contributed by atoms with Crippen LogP contribution in [-0.4, -0.2) is 46.8 Å². The second-order valence-electron chi connectivity index (χ2n) is 6.67. The molecule has 1 fully saturated rings. The third kappa shape index (κ3) is 7.06. The van der Waals surface area contributed by atoms with Gasteiger partial charge < -0.3 is 19.8 Å². The molecule has 160 valence electrons. The van der Waals surface area contributed by atoms with Crippen LogP contribution < -0.4 is 10.6 Å². The molecule has 2 rings (SSSR count). The molecule has 9 heteroatoms. The van der Waals surface area contributed by atoms with E-state index in [9.17, 15) is 9.00 Å². The van der Waals surface area contributed by atoms with Crippen molar-refractivity contribution in [1.29, 1.82) is 0 Å². The van der Waals surface area contributed by atoms with Crippen LogP contribution in [0.1, 0.15) is 61.4 Å². The van der Waals surface area contributed by atoms with E-state index < -0.39 is 16.8 Å². The zero-order valence-electron chi connectivity index (χ0n) is 17.1. The minimum atomic E-state index is -0.751. The van der Waals surface area contributed by atoms with Gasteiger partial charge in [-0.15, -0.1) is 24.0 Å². The number of nitrogens with zero attached hydrogens (tertiary/aromatic N) is 1. The van der Waals surface area contributed by atoms with E-state index in [4.69, 9.17) is 9.15 Å². The van der Waals surface area contributed by atoms with Gasteiger partial charge in [0, 0.05) is 34.4 Å². The number of nitrogens with one attached hydrogen (secondary N) is 2. The number of furan rings is 1. The first-order valence-electron chi connectivity index (χ1n) is 9.58. The van der Waals surface area contributed by atoms with Crippen molar-refractivity contribution in [3.63, 3.8) is 0 Å². The smallest absolute Gasteiger partial charge is 0.341 e. The van der Waals surface area contributed by atoms with Crippen LogP contribution in [0.25, 0.3) is 0 Å². The van der Waals surface area contributed by atoms with Crippen LogP contribution in [0, 0.1) is 6.92 Å². The van der Waals surface area contributed by atoms with Crippen molar-refractivity contribution in [2.24, 2.45) is 4.99 Å². The zero-order valence-corrected chi connectivity index (χ0v) is 20.2. The van der Waals surface area contributed by atoms with E-state index in [2.05, 4.69) is 15.6 Å². The molecule has 0 aliphatic heterocycles. The second-order valence-corrected chi connectivity index (χ2v) is 8.67. The van der Waals surface area contributed by atoms with Gasteiger partial charge in [-0.25, -0.2) is 9.79 Å². The molecule has 0 radical (unpaired) electrons. The average Bonchev–Trinajstić information content (AvgIpc) is 3.06. The van der Waals surface area contributed by atoms with Crippen molar-refractivity contribution in [1.82, 2.24) is 10.6 Å². The van der Waals surface area contributed by atoms with E-state index in [0.29, 0.717) is 35.3 Å². The van der Waals surface area contributed by atoms with Crippen molar-refractivity contribution in [2.45, 2.75) is 64.3 Å². The number of carbonyl (C=O) groups is 1. The molecule has 1 heterocycles. The maximum absolute atomic E-state index is 12.1. The SMILES string of the molecule is CCNC(=NCc1cc(C(=O)OC)c(C)o1)NC1CCCC(S(=O)CC)C1.I. The Labute approximate surface area is 186 Å². The Kier molecular flexibility index (Phi) is 11.1. The van der Waals surface area contributed by atoms with E-state index in [1.165, 1.54) is 7.11 Å². The molecule has 0 bridgehead atoms. The Balaban J connectivity index is 0.00000392. The Morgan fingerprint density at radius 2 is 2.14 bits per heavy atom. The maximum Gasteiger partial charge on any atom is 0.341 e. The molecule has 1 saturated carbocycles. The third-order valence-corrected chi connectivity index (χ3v) is 6.48. The van der Waals surface area contributed by atoms with Crippen LogP contribution in [0.4, 0.5) is 0 Å². The molecular formula is C19H32IN3O4S. The van der Waals surface area contributed by atoms with Crippen LogP contribution in [0.2, 0.25) is 0 Å². The Bertz CT molecular complexity index is 693. The normalized spacial score (nSPS) is 20.8. The van der Waals surface area contributed by atoms with Gasteiger partial charge in [-0.1, -0.05) is 13.3 Å². The molecule has 0 amide bonds. The van der Waals surface area contributed by atoms with Gasteiger partial charge in [0.05, 0.1) is 7.11 Å². The lowest BCUT2D eigenvalue weighted by Crippen LogP contribution is -2.46. The molecule has 1 aliphatic carbocycles. The molecular weight excluding hydrogens is 493 g/mol. The molecule has 1 aromatic rings. The number of hydrogen-bond acceptors (Lipinski definition) is 5. The molecule has 0 saturated heterocycles. The number of carbonyl (C=O) groups excluding carboxylic acids is 1. The van der Waals surface area contributed by atoms with Gasteiger partial charge >= 0.3 is 5.97 Å².